The molecule has 0 saturated heterocycles. The van der Waals surface area contributed by atoms with E-state index in [-0.39, 0.29) is 0 Å². The van der Waals surface area contributed by atoms with E-state index in [1.165, 1.54) is 70.7 Å². The predicted octanol–water partition coefficient (Wildman–Crippen LogP) is 13.4. The second-order valence-corrected chi connectivity index (χ2v) is 15.2. The van der Waals surface area contributed by atoms with E-state index in [2.05, 4.69) is 161 Å². The molecule has 0 aliphatic heterocycles. The summed E-state index contributed by atoms with van der Waals surface area (Å²) in [4.78, 5) is 15.2. The number of hydrogen-bond donors (Lipinski definition) is 0. The first kappa shape index (κ1) is 31.3. The fourth-order valence-electron chi connectivity index (χ4n) is 9.56. The van der Waals surface area contributed by atoms with Crippen molar-refractivity contribution in [1.82, 2.24) is 23.9 Å². The Balaban J connectivity index is 1.14. The quantitative estimate of drug-likeness (QED) is 0.181. The molecular weight excluding hydrogens is 707 g/mol. The maximum Gasteiger partial charge on any atom is 0.164 e. The van der Waals surface area contributed by atoms with Crippen LogP contribution in [0.2, 0.25) is 0 Å². The maximum atomic E-state index is 5.14. The lowest BCUT2D eigenvalue weighted by atomic mass is 10.0. The van der Waals surface area contributed by atoms with Crippen molar-refractivity contribution in [2.24, 2.45) is 0 Å². The third-order valence-corrected chi connectivity index (χ3v) is 12.1. The summed E-state index contributed by atoms with van der Waals surface area (Å²) in [5, 5.41) is 12.2. The summed E-state index contributed by atoms with van der Waals surface area (Å²) < 4.78 is 5.00. The van der Waals surface area contributed by atoms with Gasteiger partial charge in [0.25, 0.3) is 0 Å². The molecule has 0 aliphatic carbocycles. The molecule has 0 bridgehead atoms. The zero-order valence-electron chi connectivity index (χ0n) is 31.1. The molecule has 13 aromatic rings. The van der Waals surface area contributed by atoms with Gasteiger partial charge in [0.05, 0.1) is 33.3 Å². The SMILES string of the molecule is c1ccc(-c2nc(-c3ccccc3)nc(-c3ccc(-n4c5cccc6c7cc8ccccc8cc7n7c8ccccc8c8ccc4c(c65)c87)c4ccccc34)n2)cc1. The molecule has 0 amide bonds. The normalized spacial score (nSPS) is 12.1. The summed E-state index contributed by atoms with van der Waals surface area (Å²) in [5.74, 6) is 1.94. The first-order valence-electron chi connectivity index (χ1n) is 19.7. The summed E-state index contributed by atoms with van der Waals surface area (Å²) in [5.41, 5.74) is 9.99. The van der Waals surface area contributed by atoms with E-state index in [1.807, 2.05) is 36.4 Å². The van der Waals surface area contributed by atoms with Crippen LogP contribution >= 0.6 is 0 Å². The van der Waals surface area contributed by atoms with Crippen molar-refractivity contribution in [2.75, 3.05) is 0 Å². The Kier molecular flexibility index (Phi) is 6.38. The van der Waals surface area contributed by atoms with Crippen LogP contribution in [0.4, 0.5) is 0 Å². The highest BCUT2D eigenvalue weighted by atomic mass is 15.0. The van der Waals surface area contributed by atoms with Gasteiger partial charge in [0, 0.05) is 49.0 Å². The van der Waals surface area contributed by atoms with E-state index in [1.54, 1.807) is 0 Å². The molecule has 268 valence electrons. The Bertz CT molecular complexity index is 3730. The Morgan fingerprint density at radius 1 is 0.328 bits per heavy atom. The van der Waals surface area contributed by atoms with Crippen molar-refractivity contribution < 1.29 is 0 Å². The first-order chi connectivity index (χ1) is 28.8. The second kappa shape index (κ2) is 11.8. The average molecular weight is 738 g/mol. The van der Waals surface area contributed by atoms with Gasteiger partial charge in [0.2, 0.25) is 0 Å². The van der Waals surface area contributed by atoms with Crippen molar-refractivity contribution in [3.05, 3.63) is 188 Å². The van der Waals surface area contributed by atoms with Crippen LogP contribution in [0, 0.1) is 0 Å². The van der Waals surface area contributed by atoms with Gasteiger partial charge in [0.15, 0.2) is 17.5 Å². The van der Waals surface area contributed by atoms with E-state index >= 15 is 0 Å². The van der Waals surface area contributed by atoms with Crippen LogP contribution in [-0.4, -0.2) is 23.9 Å². The van der Waals surface area contributed by atoms with Gasteiger partial charge in [-0.25, -0.2) is 15.0 Å². The third kappa shape index (κ3) is 4.33. The molecule has 0 saturated carbocycles. The number of nitrogens with zero attached hydrogens (tertiary/aromatic N) is 5. The summed E-state index contributed by atoms with van der Waals surface area (Å²) in [6.07, 6.45) is 0. The van der Waals surface area contributed by atoms with Crippen LogP contribution in [0.5, 0.6) is 0 Å². The van der Waals surface area contributed by atoms with Crippen LogP contribution in [0.25, 0.3) is 121 Å². The fourth-order valence-corrected chi connectivity index (χ4v) is 9.56. The Morgan fingerprint density at radius 2 is 0.914 bits per heavy atom. The molecule has 0 radical (unpaired) electrons. The topological polar surface area (TPSA) is 48.0 Å². The van der Waals surface area contributed by atoms with Gasteiger partial charge in [-0.1, -0.05) is 146 Å². The average Bonchev–Trinajstić information content (AvgIpc) is 3.77. The molecule has 0 unspecified atom stereocenters. The molecule has 9 aromatic carbocycles. The molecule has 4 aromatic heterocycles. The maximum absolute atomic E-state index is 5.14. The van der Waals surface area contributed by atoms with E-state index < -0.39 is 0 Å². The lowest BCUT2D eigenvalue weighted by Gasteiger charge is -2.15. The van der Waals surface area contributed by atoms with Crippen LogP contribution in [0.15, 0.2) is 188 Å². The largest absolute Gasteiger partial charge is 0.309 e. The van der Waals surface area contributed by atoms with Crippen molar-refractivity contribution in [3.8, 4) is 39.9 Å². The summed E-state index contributed by atoms with van der Waals surface area (Å²) in [7, 11) is 0. The minimum Gasteiger partial charge on any atom is -0.309 e. The summed E-state index contributed by atoms with van der Waals surface area (Å²) in [6, 6.07) is 67.3. The van der Waals surface area contributed by atoms with E-state index in [0.29, 0.717) is 17.5 Å². The van der Waals surface area contributed by atoms with E-state index in [4.69, 9.17) is 15.0 Å². The highest BCUT2D eigenvalue weighted by Gasteiger charge is 2.24. The van der Waals surface area contributed by atoms with Gasteiger partial charge in [0.1, 0.15) is 0 Å². The lowest BCUT2D eigenvalue weighted by Crippen LogP contribution is -2.01. The molecule has 0 aliphatic rings. The van der Waals surface area contributed by atoms with Gasteiger partial charge < -0.3 is 8.97 Å². The molecule has 0 N–H and O–H groups in total. The Hall–Kier alpha value is -7.89. The summed E-state index contributed by atoms with van der Waals surface area (Å²) in [6.45, 7) is 0. The van der Waals surface area contributed by atoms with Crippen LogP contribution in [-0.2, 0) is 0 Å². The van der Waals surface area contributed by atoms with E-state index in [9.17, 15) is 0 Å². The molecule has 58 heavy (non-hydrogen) atoms. The number of benzene rings is 9. The Morgan fingerprint density at radius 3 is 1.67 bits per heavy atom. The second-order valence-electron chi connectivity index (χ2n) is 15.2. The molecule has 0 fully saturated rings. The van der Waals surface area contributed by atoms with E-state index in [0.717, 1.165) is 33.2 Å². The molecule has 5 heteroatoms. The highest BCUT2D eigenvalue weighted by Crippen LogP contribution is 2.47. The van der Waals surface area contributed by atoms with Gasteiger partial charge >= 0.3 is 0 Å². The lowest BCUT2D eigenvalue weighted by molar-refractivity contribution is 1.08. The van der Waals surface area contributed by atoms with Crippen LogP contribution < -0.4 is 0 Å². The molecule has 4 heterocycles. The van der Waals surface area contributed by atoms with Gasteiger partial charge in [-0.15, -0.1) is 0 Å². The number of rotatable bonds is 4. The van der Waals surface area contributed by atoms with Gasteiger partial charge in [-0.3, -0.25) is 0 Å². The Labute approximate surface area is 332 Å². The molecule has 0 atom stereocenters. The number of para-hydroxylation sites is 1. The van der Waals surface area contributed by atoms with Crippen molar-refractivity contribution in [3.63, 3.8) is 0 Å². The van der Waals surface area contributed by atoms with Crippen molar-refractivity contribution in [1.29, 1.82) is 0 Å². The fraction of sp³-hybridized carbons (Fsp3) is 0. The number of hydrogen-bond acceptors (Lipinski definition) is 3. The molecule has 0 spiro atoms. The van der Waals surface area contributed by atoms with Crippen molar-refractivity contribution >= 4 is 81.4 Å². The minimum absolute atomic E-state index is 0.643. The smallest absolute Gasteiger partial charge is 0.164 e. The van der Waals surface area contributed by atoms with Gasteiger partial charge in [-0.2, -0.15) is 0 Å². The zero-order chi connectivity index (χ0) is 37.9. The number of fused-ring (bicyclic) bond motifs is 8. The minimum atomic E-state index is 0.643. The molecule has 5 nitrogen and oxygen atoms in total. The van der Waals surface area contributed by atoms with Crippen molar-refractivity contribution in [2.45, 2.75) is 0 Å². The first-order valence-corrected chi connectivity index (χ1v) is 19.7. The zero-order valence-corrected chi connectivity index (χ0v) is 31.1. The standard InChI is InChI=1S/C53H31N5/c1-3-14-32(15-4-1)51-54-52(33-16-5-2-6-17-33)56-53(55-51)41-27-28-44(37-21-10-9-20-36(37)41)57-45-25-13-23-39-42-30-34-18-7-8-19-35(34)31-47(42)58-43-24-12-11-22-38(43)40-26-29-46(57)49(48(39)45)50(40)58/h1-31H. The summed E-state index contributed by atoms with van der Waals surface area (Å²) >= 11 is 0. The van der Waals surface area contributed by atoms with Gasteiger partial charge in [-0.05, 0) is 64.0 Å². The van der Waals surface area contributed by atoms with Crippen LogP contribution in [0.1, 0.15) is 0 Å². The predicted molar refractivity (Wildman–Crippen MR) is 240 cm³/mol. The molecular formula is C53H31N5. The van der Waals surface area contributed by atoms with Crippen LogP contribution in [0.3, 0.4) is 0 Å². The number of aromatic nitrogens is 5. The third-order valence-electron chi connectivity index (χ3n) is 12.1. The highest BCUT2D eigenvalue weighted by molar-refractivity contribution is 6.33. The monoisotopic (exact) mass is 737 g/mol. The molecule has 13 rings (SSSR count).